The fourth-order valence-electron chi connectivity index (χ4n) is 2.74. The van der Waals surface area contributed by atoms with E-state index in [0.29, 0.717) is 45.1 Å². The van der Waals surface area contributed by atoms with E-state index in [2.05, 4.69) is 0 Å². The van der Waals surface area contributed by atoms with Crippen molar-refractivity contribution in [3.63, 3.8) is 0 Å². The van der Waals surface area contributed by atoms with E-state index in [9.17, 15) is 17.2 Å². The van der Waals surface area contributed by atoms with Gasteiger partial charge in [0.1, 0.15) is 12.4 Å². The highest BCUT2D eigenvalue weighted by Crippen LogP contribution is 2.20. The number of morpholine rings is 1. The average Bonchev–Trinajstić information content (AvgIpc) is 2.62. The molecule has 1 fully saturated rings. The lowest BCUT2D eigenvalue weighted by Crippen LogP contribution is -2.40. The van der Waals surface area contributed by atoms with Gasteiger partial charge < -0.3 is 9.47 Å². The first kappa shape index (κ1) is 21.0. The summed E-state index contributed by atoms with van der Waals surface area (Å²) in [6, 6.07) is 6.18. The monoisotopic (exact) mass is 392 g/mol. The van der Waals surface area contributed by atoms with Gasteiger partial charge in [0.2, 0.25) is 10.0 Å². The largest absolute Gasteiger partial charge is 0.492 e. The molecule has 0 saturated carbocycles. The van der Waals surface area contributed by atoms with Crippen molar-refractivity contribution in [2.24, 2.45) is 0 Å². The van der Waals surface area contributed by atoms with Crippen molar-refractivity contribution in [1.82, 2.24) is 9.21 Å². The van der Waals surface area contributed by atoms with E-state index >= 15 is 0 Å². The Kier molecular flexibility index (Phi) is 8.20. The molecule has 0 spiro atoms. The van der Waals surface area contributed by atoms with E-state index in [1.807, 2.05) is 6.92 Å². The first-order chi connectivity index (χ1) is 12.4. The van der Waals surface area contributed by atoms with Crippen LogP contribution < -0.4 is 4.74 Å². The molecule has 1 aromatic carbocycles. The molecule has 0 unspecified atom stereocenters. The zero-order valence-corrected chi connectivity index (χ0v) is 15.8. The predicted molar refractivity (Wildman–Crippen MR) is 94.2 cm³/mol. The van der Waals surface area contributed by atoms with Crippen molar-refractivity contribution in [1.29, 1.82) is 0 Å². The van der Waals surface area contributed by atoms with Gasteiger partial charge >= 0.3 is 0 Å². The summed E-state index contributed by atoms with van der Waals surface area (Å²) in [7, 11) is -3.53. The average molecular weight is 392 g/mol. The molecule has 6 nitrogen and oxygen atoms in total. The Labute approximate surface area is 153 Å². The lowest BCUT2D eigenvalue weighted by Gasteiger charge is -2.26. The van der Waals surface area contributed by atoms with Gasteiger partial charge in [0, 0.05) is 19.6 Å². The number of alkyl halides is 2. The van der Waals surface area contributed by atoms with Crippen molar-refractivity contribution < 1.29 is 26.7 Å². The Morgan fingerprint density at radius 2 is 1.85 bits per heavy atom. The number of rotatable bonds is 10. The first-order valence-electron chi connectivity index (χ1n) is 8.74. The molecule has 1 aromatic rings. The molecule has 2 rings (SSSR count). The summed E-state index contributed by atoms with van der Waals surface area (Å²) in [5.41, 5.74) is 0. The Hall–Kier alpha value is -1.29. The van der Waals surface area contributed by atoms with Gasteiger partial charge in [-0.05, 0) is 37.2 Å². The van der Waals surface area contributed by atoms with E-state index in [1.165, 1.54) is 16.4 Å². The molecule has 0 aliphatic carbocycles. The number of benzene rings is 1. The molecule has 0 aromatic heterocycles. The number of ether oxygens (including phenoxy) is 2. The van der Waals surface area contributed by atoms with Gasteiger partial charge in [-0.25, -0.2) is 17.2 Å². The normalized spacial score (nSPS) is 16.3. The van der Waals surface area contributed by atoms with Crippen LogP contribution in [0.5, 0.6) is 5.75 Å². The third-order valence-corrected chi connectivity index (χ3v) is 5.96. The third kappa shape index (κ3) is 6.15. The second kappa shape index (κ2) is 10.1. The summed E-state index contributed by atoms with van der Waals surface area (Å²) in [5, 5.41) is 0. The van der Waals surface area contributed by atoms with Crippen LogP contribution in [0.1, 0.15) is 13.3 Å². The maximum Gasteiger partial charge on any atom is 0.251 e. The molecule has 1 saturated heterocycles. The SMILES string of the molecule is CCCN(CCOc1ccc(S(=O)(=O)N2CCOCC2)cc1)CC(F)F. The number of nitrogens with zero attached hydrogens (tertiary/aromatic N) is 2. The lowest BCUT2D eigenvalue weighted by molar-refractivity contribution is 0.0730. The molecule has 0 atom stereocenters. The molecule has 0 amide bonds. The minimum atomic E-state index is -3.53. The highest BCUT2D eigenvalue weighted by Gasteiger charge is 2.26. The quantitative estimate of drug-likeness (QED) is 0.610. The van der Waals surface area contributed by atoms with Crippen LogP contribution in [0.4, 0.5) is 8.78 Å². The van der Waals surface area contributed by atoms with Gasteiger partial charge in [-0.15, -0.1) is 0 Å². The van der Waals surface area contributed by atoms with Crippen LogP contribution in [-0.4, -0.2) is 76.6 Å². The van der Waals surface area contributed by atoms with E-state index in [-0.39, 0.29) is 18.0 Å². The van der Waals surface area contributed by atoms with Crippen LogP contribution in [0.2, 0.25) is 0 Å². The summed E-state index contributed by atoms with van der Waals surface area (Å²) in [4.78, 5) is 1.86. The molecule has 1 aliphatic heterocycles. The van der Waals surface area contributed by atoms with Crippen LogP contribution in [-0.2, 0) is 14.8 Å². The van der Waals surface area contributed by atoms with Gasteiger partial charge in [-0.2, -0.15) is 4.31 Å². The van der Waals surface area contributed by atoms with E-state index in [4.69, 9.17) is 9.47 Å². The number of hydrogen-bond acceptors (Lipinski definition) is 5. The van der Waals surface area contributed by atoms with Crippen LogP contribution in [0.3, 0.4) is 0 Å². The molecule has 1 aliphatic rings. The predicted octanol–water partition coefficient (Wildman–Crippen LogP) is 2.06. The van der Waals surface area contributed by atoms with E-state index in [1.54, 1.807) is 17.0 Å². The molecule has 1 heterocycles. The highest BCUT2D eigenvalue weighted by atomic mass is 32.2. The number of hydrogen-bond donors (Lipinski definition) is 0. The third-order valence-electron chi connectivity index (χ3n) is 4.04. The zero-order valence-electron chi connectivity index (χ0n) is 14.9. The van der Waals surface area contributed by atoms with Crippen LogP contribution in [0.15, 0.2) is 29.2 Å². The molecule has 9 heteroatoms. The van der Waals surface area contributed by atoms with Gasteiger partial charge in [0.25, 0.3) is 6.43 Å². The maximum absolute atomic E-state index is 12.5. The Morgan fingerprint density at radius 3 is 2.42 bits per heavy atom. The zero-order chi connectivity index (χ0) is 19.0. The number of sulfonamides is 1. The van der Waals surface area contributed by atoms with Gasteiger partial charge in [-0.1, -0.05) is 6.92 Å². The highest BCUT2D eigenvalue weighted by molar-refractivity contribution is 7.89. The van der Waals surface area contributed by atoms with Crippen LogP contribution in [0.25, 0.3) is 0 Å². The minimum absolute atomic E-state index is 0.206. The van der Waals surface area contributed by atoms with Gasteiger partial charge in [-0.3, -0.25) is 4.90 Å². The van der Waals surface area contributed by atoms with Crippen molar-refractivity contribution in [3.05, 3.63) is 24.3 Å². The summed E-state index contributed by atoms with van der Waals surface area (Å²) in [6.45, 7) is 4.40. The first-order valence-corrected chi connectivity index (χ1v) is 10.2. The van der Waals surface area contributed by atoms with Crippen molar-refractivity contribution in [2.75, 3.05) is 52.5 Å². The Bertz CT molecular complexity index is 635. The fourth-order valence-corrected chi connectivity index (χ4v) is 4.15. The molecular formula is C17H26F2N2O4S. The topological polar surface area (TPSA) is 59.1 Å². The summed E-state index contributed by atoms with van der Waals surface area (Å²) in [5.74, 6) is 0.513. The fraction of sp³-hybridized carbons (Fsp3) is 0.647. The van der Waals surface area contributed by atoms with Crippen molar-refractivity contribution in [3.8, 4) is 5.75 Å². The molecule has 0 bridgehead atoms. The smallest absolute Gasteiger partial charge is 0.251 e. The Balaban J connectivity index is 1.88. The second-order valence-electron chi connectivity index (χ2n) is 6.03. The van der Waals surface area contributed by atoms with Crippen molar-refractivity contribution >= 4 is 10.0 Å². The summed E-state index contributed by atoms with van der Waals surface area (Å²) < 4.78 is 62.2. The lowest BCUT2D eigenvalue weighted by atomic mass is 10.3. The van der Waals surface area contributed by atoms with E-state index in [0.717, 1.165) is 6.42 Å². The molecular weight excluding hydrogens is 366 g/mol. The molecule has 0 N–H and O–H groups in total. The van der Waals surface area contributed by atoms with Crippen LogP contribution >= 0.6 is 0 Å². The minimum Gasteiger partial charge on any atom is -0.492 e. The van der Waals surface area contributed by atoms with Crippen molar-refractivity contribution in [2.45, 2.75) is 24.7 Å². The van der Waals surface area contributed by atoms with Crippen LogP contribution in [0, 0.1) is 0 Å². The summed E-state index contributed by atoms with van der Waals surface area (Å²) >= 11 is 0. The number of halogens is 2. The standard InChI is InChI=1S/C17H26F2N2O4S/c1-2-7-20(14-17(18)19)8-13-25-15-3-5-16(6-4-15)26(22,23)21-9-11-24-12-10-21/h3-6,17H,2,7-14H2,1H3. The summed E-state index contributed by atoms with van der Waals surface area (Å²) in [6.07, 6.45) is -1.58. The maximum atomic E-state index is 12.5. The van der Waals surface area contributed by atoms with E-state index < -0.39 is 16.4 Å². The van der Waals surface area contributed by atoms with Gasteiger partial charge in [0.15, 0.2) is 0 Å². The molecule has 0 radical (unpaired) electrons. The van der Waals surface area contributed by atoms with Gasteiger partial charge in [0.05, 0.1) is 24.7 Å². The molecule has 148 valence electrons. The molecule has 26 heavy (non-hydrogen) atoms. The second-order valence-corrected chi connectivity index (χ2v) is 7.97. The Morgan fingerprint density at radius 1 is 1.19 bits per heavy atom.